The van der Waals surface area contributed by atoms with Crippen molar-refractivity contribution in [3.8, 4) is 0 Å². The van der Waals surface area contributed by atoms with Gasteiger partial charge in [-0.2, -0.15) is 0 Å². The lowest BCUT2D eigenvalue weighted by molar-refractivity contribution is -0.115. The van der Waals surface area contributed by atoms with E-state index in [1.807, 2.05) is 29.2 Å². The Bertz CT molecular complexity index is 1150. The predicted molar refractivity (Wildman–Crippen MR) is 127 cm³/mol. The summed E-state index contributed by atoms with van der Waals surface area (Å²) in [5.41, 5.74) is 6.04. The van der Waals surface area contributed by atoms with Gasteiger partial charge in [0.15, 0.2) is 0 Å². The zero-order valence-corrected chi connectivity index (χ0v) is 18.4. The molecule has 3 aromatic rings. The summed E-state index contributed by atoms with van der Waals surface area (Å²) in [5.74, 6) is 0.416. The summed E-state index contributed by atoms with van der Waals surface area (Å²) in [4.78, 5) is 27.0. The summed E-state index contributed by atoms with van der Waals surface area (Å²) in [6.45, 7) is 0. The van der Waals surface area contributed by atoms with Crippen LogP contribution in [0.5, 0.6) is 0 Å². The van der Waals surface area contributed by atoms with Gasteiger partial charge in [0.25, 0.3) is 5.91 Å². The first-order chi connectivity index (χ1) is 15.1. The van der Waals surface area contributed by atoms with Gasteiger partial charge >= 0.3 is 0 Å². The van der Waals surface area contributed by atoms with E-state index in [4.69, 9.17) is 11.6 Å². The van der Waals surface area contributed by atoms with Gasteiger partial charge in [-0.1, -0.05) is 29.8 Å². The highest BCUT2D eigenvalue weighted by Crippen LogP contribution is 2.43. The minimum Gasteiger partial charge on any atom is -0.322 e. The number of anilines is 2. The maximum atomic E-state index is 12.7. The lowest BCUT2D eigenvalue weighted by Gasteiger charge is -2.25. The van der Waals surface area contributed by atoms with Gasteiger partial charge in [0, 0.05) is 22.0 Å². The third kappa shape index (κ3) is 4.08. The monoisotopic (exact) mass is 448 g/mol. The van der Waals surface area contributed by atoms with Crippen LogP contribution >= 0.6 is 23.4 Å². The van der Waals surface area contributed by atoms with Gasteiger partial charge in [-0.15, -0.1) is 11.8 Å². The number of hydrogen-bond donors (Lipinski definition) is 1. The number of rotatable bonds is 4. The van der Waals surface area contributed by atoms with Crippen LogP contribution < -0.4 is 10.2 Å². The number of hydrogen-bond acceptors (Lipinski definition) is 3. The number of benzene rings is 3. The Balaban J connectivity index is 1.34. The number of nitrogens with one attached hydrogen (secondary N) is 1. The molecular formula is C25H21ClN2O2S. The zero-order valence-electron chi connectivity index (χ0n) is 16.8. The van der Waals surface area contributed by atoms with Crippen molar-refractivity contribution in [3.05, 3.63) is 94.0 Å². The number of carbonyl (C=O) groups is 2. The van der Waals surface area contributed by atoms with Crippen molar-refractivity contribution in [1.29, 1.82) is 0 Å². The molecule has 2 aliphatic rings. The van der Waals surface area contributed by atoms with E-state index in [-0.39, 0.29) is 17.2 Å². The Kier molecular flexibility index (Phi) is 5.47. The van der Waals surface area contributed by atoms with E-state index >= 15 is 0 Å². The summed E-state index contributed by atoms with van der Waals surface area (Å²) in [5, 5.41) is 3.44. The quantitative estimate of drug-likeness (QED) is 0.543. The fraction of sp³-hybridized carbons (Fsp3) is 0.200. The molecule has 2 amide bonds. The van der Waals surface area contributed by atoms with Gasteiger partial charge in [-0.05, 0) is 84.5 Å². The standard InChI is InChI=1S/C25H21ClN2O2S/c26-20-9-4-17(5-10-20)24(30)27-21-11-6-18(7-12-21)25-28(23(29)15-31-25)22-13-8-16-2-1-3-19(16)14-22/h4-14,25H,1-3,15H2,(H,27,30)/t25-/m0/s1. The zero-order chi connectivity index (χ0) is 21.4. The van der Waals surface area contributed by atoms with Gasteiger partial charge in [0.2, 0.25) is 5.91 Å². The molecule has 6 heteroatoms. The number of nitrogens with zero attached hydrogens (tertiary/aromatic N) is 1. The minimum absolute atomic E-state index is 0.0621. The van der Waals surface area contributed by atoms with Crippen LogP contribution in [0.4, 0.5) is 11.4 Å². The number of amides is 2. The first-order valence-electron chi connectivity index (χ1n) is 10.3. The van der Waals surface area contributed by atoms with Crippen molar-refractivity contribution in [1.82, 2.24) is 0 Å². The third-order valence-electron chi connectivity index (χ3n) is 5.79. The molecule has 1 aliphatic heterocycles. The van der Waals surface area contributed by atoms with E-state index in [0.29, 0.717) is 22.0 Å². The van der Waals surface area contributed by atoms with E-state index in [1.165, 1.54) is 17.5 Å². The summed E-state index contributed by atoms with van der Waals surface area (Å²) < 4.78 is 0. The largest absolute Gasteiger partial charge is 0.322 e. The summed E-state index contributed by atoms with van der Waals surface area (Å²) in [7, 11) is 0. The molecule has 0 bridgehead atoms. The van der Waals surface area contributed by atoms with Gasteiger partial charge < -0.3 is 5.32 Å². The lowest BCUT2D eigenvalue weighted by atomic mass is 10.1. The second kappa shape index (κ2) is 8.40. The Labute approximate surface area is 190 Å². The van der Waals surface area contributed by atoms with Crippen molar-refractivity contribution < 1.29 is 9.59 Å². The molecule has 0 saturated carbocycles. The second-order valence-electron chi connectivity index (χ2n) is 7.82. The SMILES string of the molecule is O=C(Nc1ccc([C@@H]2SCC(=O)N2c2ccc3c(c2)CCC3)cc1)c1ccc(Cl)cc1. The van der Waals surface area contributed by atoms with Gasteiger partial charge in [0.1, 0.15) is 5.37 Å². The van der Waals surface area contributed by atoms with Gasteiger partial charge in [-0.3, -0.25) is 14.5 Å². The number of halogens is 1. The number of carbonyl (C=O) groups excluding carboxylic acids is 2. The van der Waals surface area contributed by atoms with Crippen LogP contribution in [0.3, 0.4) is 0 Å². The predicted octanol–water partition coefficient (Wildman–Crippen LogP) is 5.86. The van der Waals surface area contributed by atoms with Crippen molar-refractivity contribution >= 4 is 46.6 Å². The molecular weight excluding hydrogens is 428 g/mol. The molecule has 1 saturated heterocycles. The summed E-state index contributed by atoms with van der Waals surface area (Å²) in [6.07, 6.45) is 3.41. The van der Waals surface area contributed by atoms with Crippen LogP contribution in [-0.2, 0) is 17.6 Å². The summed E-state index contributed by atoms with van der Waals surface area (Å²) in [6, 6.07) is 20.9. The highest BCUT2D eigenvalue weighted by atomic mass is 35.5. The molecule has 1 N–H and O–H groups in total. The number of fused-ring (bicyclic) bond motifs is 1. The molecule has 0 radical (unpaired) electrons. The molecule has 1 aliphatic carbocycles. The Morgan fingerprint density at radius 1 is 0.968 bits per heavy atom. The van der Waals surface area contributed by atoms with Crippen LogP contribution in [0.25, 0.3) is 0 Å². The fourth-order valence-corrected chi connectivity index (χ4v) is 5.50. The minimum atomic E-state index is -0.186. The highest BCUT2D eigenvalue weighted by molar-refractivity contribution is 8.00. The smallest absolute Gasteiger partial charge is 0.255 e. The lowest BCUT2D eigenvalue weighted by Crippen LogP contribution is -2.27. The topological polar surface area (TPSA) is 49.4 Å². The van der Waals surface area contributed by atoms with E-state index < -0.39 is 0 Å². The van der Waals surface area contributed by atoms with Crippen LogP contribution in [-0.4, -0.2) is 17.6 Å². The van der Waals surface area contributed by atoms with E-state index in [2.05, 4.69) is 23.5 Å². The first-order valence-corrected chi connectivity index (χ1v) is 11.7. The maximum absolute atomic E-state index is 12.7. The fourth-order valence-electron chi connectivity index (χ4n) is 4.19. The molecule has 0 aromatic heterocycles. The third-order valence-corrected chi connectivity index (χ3v) is 7.25. The second-order valence-corrected chi connectivity index (χ2v) is 9.32. The summed E-state index contributed by atoms with van der Waals surface area (Å²) >= 11 is 7.52. The first kappa shape index (κ1) is 20.2. The van der Waals surface area contributed by atoms with Crippen molar-refractivity contribution in [2.24, 2.45) is 0 Å². The van der Waals surface area contributed by atoms with Crippen molar-refractivity contribution in [2.45, 2.75) is 24.6 Å². The van der Waals surface area contributed by atoms with E-state index in [9.17, 15) is 9.59 Å². The molecule has 0 unspecified atom stereocenters. The Morgan fingerprint density at radius 2 is 1.71 bits per heavy atom. The Morgan fingerprint density at radius 3 is 2.48 bits per heavy atom. The average molecular weight is 449 g/mol. The molecule has 31 heavy (non-hydrogen) atoms. The molecule has 156 valence electrons. The molecule has 3 aromatic carbocycles. The molecule has 0 spiro atoms. The molecule has 1 heterocycles. The molecule has 1 atom stereocenters. The van der Waals surface area contributed by atoms with Gasteiger partial charge in [0.05, 0.1) is 5.75 Å². The average Bonchev–Trinajstić information content (AvgIpc) is 3.40. The van der Waals surface area contributed by atoms with Crippen molar-refractivity contribution in [2.75, 3.05) is 16.0 Å². The number of aryl methyl sites for hydroxylation is 2. The van der Waals surface area contributed by atoms with E-state index in [0.717, 1.165) is 24.1 Å². The molecule has 4 nitrogen and oxygen atoms in total. The number of thioether (sulfide) groups is 1. The highest BCUT2D eigenvalue weighted by Gasteiger charge is 2.34. The molecule has 5 rings (SSSR count). The normalized spacial score (nSPS) is 17.6. The van der Waals surface area contributed by atoms with Crippen LogP contribution in [0.15, 0.2) is 66.7 Å². The van der Waals surface area contributed by atoms with Crippen LogP contribution in [0.2, 0.25) is 5.02 Å². The van der Waals surface area contributed by atoms with Gasteiger partial charge in [-0.25, -0.2) is 0 Å². The van der Waals surface area contributed by atoms with Crippen LogP contribution in [0.1, 0.15) is 38.8 Å². The van der Waals surface area contributed by atoms with Crippen LogP contribution in [0, 0.1) is 0 Å². The Hall–Kier alpha value is -2.76. The molecule has 1 fully saturated rings. The maximum Gasteiger partial charge on any atom is 0.255 e. The van der Waals surface area contributed by atoms with E-state index in [1.54, 1.807) is 36.0 Å². The van der Waals surface area contributed by atoms with Crippen molar-refractivity contribution in [3.63, 3.8) is 0 Å².